The van der Waals surface area contributed by atoms with E-state index in [1.54, 1.807) is 19.3 Å². The van der Waals surface area contributed by atoms with Crippen molar-refractivity contribution in [2.24, 2.45) is 0 Å². The fraction of sp³-hybridized carbons (Fsp3) is 0.700. The SMILES string of the molecule is CC(=O)N(Cc1cncnc1)C1CCCN(CC(=O)N2CCN(C)CC2)CC1. The minimum absolute atomic E-state index is 0.0795. The van der Waals surface area contributed by atoms with Gasteiger partial charge < -0.3 is 14.7 Å². The van der Waals surface area contributed by atoms with Crippen LogP contribution in [0.15, 0.2) is 18.7 Å². The Morgan fingerprint density at radius 3 is 2.46 bits per heavy atom. The van der Waals surface area contributed by atoms with Crippen LogP contribution in [0.4, 0.5) is 0 Å². The molecule has 0 aromatic carbocycles. The first-order chi connectivity index (χ1) is 13.5. The van der Waals surface area contributed by atoms with Crippen molar-refractivity contribution in [2.45, 2.75) is 38.8 Å². The Morgan fingerprint density at radius 2 is 1.79 bits per heavy atom. The maximum absolute atomic E-state index is 12.6. The molecule has 2 aliphatic heterocycles. The van der Waals surface area contributed by atoms with Crippen LogP contribution >= 0.6 is 0 Å². The Hall–Kier alpha value is -2.06. The third kappa shape index (κ3) is 5.72. The number of amides is 2. The number of rotatable bonds is 5. The Morgan fingerprint density at radius 1 is 1.07 bits per heavy atom. The third-order valence-electron chi connectivity index (χ3n) is 5.82. The van der Waals surface area contributed by atoms with Gasteiger partial charge in [0.2, 0.25) is 11.8 Å². The maximum Gasteiger partial charge on any atom is 0.236 e. The van der Waals surface area contributed by atoms with Crippen LogP contribution in [-0.2, 0) is 16.1 Å². The Bertz CT molecular complexity index is 647. The molecular weight excluding hydrogens is 356 g/mol. The molecule has 2 amide bonds. The van der Waals surface area contributed by atoms with Gasteiger partial charge in [0.1, 0.15) is 6.33 Å². The van der Waals surface area contributed by atoms with E-state index < -0.39 is 0 Å². The predicted molar refractivity (Wildman–Crippen MR) is 106 cm³/mol. The zero-order chi connectivity index (χ0) is 19.9. The molecule has 28 heavy (non-hydrogen) atoms. The summed E-state index contributed by atoms with van der Waals surface area (Å²) in [6.45, 7) is 7.96. The molecule has 3 heterocycles. The monoisotopic (exact) mass is 388 g/mol. The van der Waals surface area contributed by atoms with E-state index in [-0.39, 0.29) is 17.9 Å². The second kappa shape index (κ2) is 9.93. The van der Waals surface area contributed by atoms with Crippen molar-refractivity contribution in [3.05, 3.63) is 24.3 Å². The number of aromatic nitrogens is 2. The molecule has 0 bridgehead atoms. The Kier molecular flexibility index (Phi) is 7.33. The quantitative estimate of drug-likeness (QED) is 0.729. The van der Waals surface area contributed by atoms with E-state index in [0.29, 0.717) is 13.1 Å². The second-order valence-corrected chi connectivity index (χ2v) is 7.94. The van der Waals surface area contributed by atoms with Crippen LogP contribution in [0.2, 0.25) is 0 Å². The first-order valence-corrected chi connectivity index (χ1v) is 10.2. The van der Waals surface area contributed by atoms with E-state index in [0.717, 1.165) is 64.1 Å². The Labute approximate surface area is 167 Å². The van der Waals surface area contributed by atoms with Crippen LogP contribution in [0.1, 0.15) is 31.7 Å². The van der Waals surface area contributed by atoms with Crippen molar-refractivity contribution in [3.8, 4) is 0 Å². The lowest BCUT2D eigenvalue weighted by atomic mass is 10.1. The third-order valence-corrected chi connectivity index (χ3v) is 5.82. The molecule has 0 aliphatic carbocycles. The molecule has 2 saturated heterocycles. The fourth-order valence-electron chi connectivity index (χ4n) is 4.06. The van der Waals surface area contributed by atoms with Gasteiger partial charge in [0.15, 0.2) is 0 Å². The van der Waals surface area contributed by atoms with Crippen LogP contribution in [0, 0.1) is 0 Å². The van der Waals surface area contributed by atoms with Gasteiger partial charge in [-0.15, -0.1) is 0 Å². The van der Waals surface area contributed by atoms with Crippen molar-refractivity contribution in [2.75, 3.05) is 52.9 Å². The molecule has 2 aliphatic rings. The number of carbonyl (C=O) groups excluding carboxylic acids is 2. The summed E-state index contributed by atoms with van der Waals surface area (Å²) in [6, 6.07) is 0.196. The molecule has 154 valence electrons. The largest absolute Gasteiger partial charge is 0.339 e. The van der Waals surface area contributed by atoms with Gasteiger partial charge in [0.05, 0.1) is 6.54 Å². The van der Waals surface area contributed by atoms with Crippen molar-refractivity contribution < 1.29 is 9.59 Å². The number of carbonyl (C=O) groups is 2. The average molecular weight is 389 g/mol. The minimum atomic E-state index is 0.0795. The first kappa shape index (κ1) is 20.7. The summed E-state index contributed by atoms with van der Waals surface area (Å²) in [4.78, 5) is 41.4. The highest BCUT2D eigenvalue weighted by Gasteiger charge is 2.27. The number of hydrogen-bond donors (Lipinski definition) is 0. The van der Waals surface area contributed by atoms with Gasteiger partial charge >= 0.3 is 0 Å². The summed E-state index contributed by atoms with van der Waals surface area (Å²) in [5, 5.41) is 0. The van der Waals surface area contributed by atoms with Gasteiger partial charge in [-0.2, -0.15) is 0 Å². The summed E-state index contributed by atoms with van der Waals surface area (Å²) < 4.78 is 0. The van der Waals surface area contributed by atoms with E-state index >= 15 is 0 Å². The molecule has 8 nitrogen and oxygen atoms in total. The number of nitrogens with zero attached hydrogens (tertiary/aromatic N) is 6. The number of likely N-dealkylation sites (tertiary alicyclic amines) is 1. The molecule has 0 saturated carbocycles. The second-order valence-electron chi connectivity index (χ2n) is 7.94. The van der Waals surface area contributed by atoms with E-state index in [1.807, 2.05) is 9.80 Å². The number of piperazine rings is 1. The van der Waals surface area contributed by atoms with E-state index in [2.05, 4.69) is 26.8 Å². The summed E-state index contributed by atoms with van der Waals surface area (Å²) in [5.74, 6) is 0.312. The number of hydrogen-bond acceptors (Lipinski definition) is 6. The lowest BCUT2D eigenvalue weighted by Crippen LogP contribution is -2.50. The molecule has 8 heteroatoms. The van der Waals surface area contributed by atoms with Crippen LogP contribution < -0.4 is 0 Å². The van der Waals surface area contributed by atoms with E-state index in [4.69, 9.17) is 0 Å². The summed E-state index contributed by atoms with van der Waals surface area (Å²) in [6.07, 6.45) is 7.88. The highest BCUT2D eigenvalue weighted by atomic mass is 16.2. The van der Waals surface area contributed by atoms with Gasteiger partial charge in [0, 0.05) is 70.2 Å². The molecule has 1 unspecified atom stereocenters. The summed E-state index contributed by atoms with van der Waals surface area (Å²) in [7, 11) is 2.10. The van der Waals surface area contributed by atoms with Crippen molar-refractivity contribution in [3.63, 3.8) is 0 Å². The molecule has 0 spiro atoms. The van der Waals surface area contributed by atoms with Gasteiger partial charge in [-0.1, -0.05) is 0 Å². The average Bonchev–Trinajstić information content (AvgIpc) is 2.92. The normalized spacial score (nSPS) is 21.9. The molecule has 1 atom stereocenters. The highest BCUT2D eigenvalue weighted by Crippen LogP contribution is 2.19. The molecule has 3 rings (SSSR count). The lowest BCUT2D eigenvalue weighted by molar-refractivity contribution is -0.134. The van der Waals surface area contributed by atoms with E-state index in [1.165, 1.54) is 6.33 Å². The smallest absolute Gasteiger partial charge is 0.236 e. The van der Waals surface area contributed by atoms with Crippen molar-refractivity contribution in [1.29, 1.82) is 0 Å². The zero-order valence-electron chi connectivity index (χ0n) is 17.1. The summed E-state index contributed by atoms with van der Waals surface area (Å²) >= 11 is 0. The van der Waals surface area contributed by atoms with Gasteiger partial charge in [0.25, 0.3) is 0 Å². The topological polar surface area (TPSA) is 72.9 Å². The van der Waals surface area contributed by atoms with Crippen LogP contribution in [0.3, 0.4) is 0 Å². The fourth-order valence-corrected chi connectivity index (χ4v) is 4.06. The van der Waals surface area contributed by atoms with Crippen molar-refractivity contribution >= 4 is 11.8 Å². The molecule has 2 fully saturated rings. The van der Waals surface area contributed by atoms with Crippen LogP contribution in [0.5, 0.6) is 0 Å². The highest BCUT2D eigenvalue weighted by molar-refractivity contribution is 5.78. The van der Waals surface area contributed by atoms with Crippen LogP contribution in [-0.4, -0.2) is 100 Å². The first-order valence-electron chi connectivity index (χ1n) is 10.2. The van der Waals surface area contributed by atoms with Gasteiger partial charge in [-0.05, 0) is 32.9 Å². The molecule has 1 aromatic rings. The molecule has 1 aromatic heterocycles. The number of likely N-dealkylation sites (N-methyl/N-ethyl adjacent to an activating group) is 1. The maximum atomic E-state index is 12.6. The van der Waals surface area contributed by atoms with E-state index in [9.17, 15) is 9.59 Å². The molecule has 0 radical (unpaired) electrons. The zero-order valence-corrected chi connectivity index (χ0v) is 17.1. The van der Waals surface area contributed by atoms with Crippen LogP contribution in [0.25, 0.3) is 0 Å². The summed E-state index contributed by atoms with van der Waals surface area (Å²) in [5.41, 5.74) is 0.948. The molecule has 0 N–H and O–H groups in total. The Balaban J connectivity index is 1.53. The minimum Gasteiger partial charge on any atom is -0.339 e. The predicted octanol–water partition coefficient (Wildman–Crippen LogP) is 0.454. The standard InChI is InChI=1S/C20H32N6O2/c1-17(27)26(14-18-12-21-16-22-13-18)19-4-3-6-24(7-5-19)15-20(28)25-10-8-23(2)9-11-25/h12-13,16,19H,3-11,14-15H2,1-2H3. The van der Waals surface area contributed by atoms with Gasteiger partial charge in [-0.25, -0.2) is 9.97 Å². The van der Waals surface area contributed by atoms with Gasteiger partial charge in [-0.3, -0.25) is 14.5 Å². The molecular formula is C20H32N6O2. The van der Waals surface area contributed by atoms with Crippen molar-refractivity contribution in [1.82, 2.24) is 29.6 Å². The lowest BCUT2D eigenvalue weighted by Gasteiger charge is -2.34.